The van der Waals surface area contributed by atoms with E-state index in [2.05, 4.69) is 55.4 Å². The third kappa shape index (κ3) is 13.6. The van der Waals surface area contributed by atoms with Crippen LogP contribution in [0.1, 0.15) is 107 Å². The van der Waals surface area contributed by atoms with Gasteiger partial charge < -0.3 is 32.9 Å². The van der Waals surface area contributed by atoms with Crippen molar-refractivity contribution < 1.29 is 32.9 Å². The smallest absolute Gasteiger partial charge is 0.320 e. The van der Waals surface area contributed by atoms with Crippen LogP contribution in [0.5, 0.6) is 0 Å². The van der Waals surface area contributed by atoms with Crippen LogP contribution < -0.4 is 0 Å². The maximum Gasteiger partial charge on any atom is 0.320 e. The monoisotopic (exact) mass is 704 g/mol. The predicted molar refractivity (Wildman–Crippen MR) is 187 cm³/mol. The Morgan fingerprint density at radius 3 is 0.825 bits per heavy atom. The summed E-state index contributed by atoms with van der Waals surface area (Å²) in [5.41, 5.74) is 0. The molecule has 0 unspecified atom stereocenters. The lowest BCUT2D eigenvalue weighted by Crippen LogP contribution is -2.64. The molecule has 0 amide bonds. The van der Waals surface area contributed by atoms with E-state index in [0.717, 1.165) is 99.7 Å². The molecule has 1 heterocycles. The molecule has 1 rings (SSSR count). The van der Waals surface area contributed by atoms with Gasteiger partial charge in [-0.2, -0.15) is 0 Å². The van der Waals surface area contributed by atoms with Gasteiger partial charge in [-0.15, -0.1) is 0 Å². The molecule has 0 aromatic carbocycles. The molecule has 0 aromatic rings. The van der Waals surface area contributed by atoms with Crippen molar-refractivity contribution in [1.29, 1.82) is 0 Å². The van der Waals surface area contributed by atoms with Crippen LogP contribution >= 0.6 is 0 Å². The highest BCUT2D eigenvalue weighted by Crippen LogP contribution is 2.40. The van der Waals surface area contributed by atoms with Gasteiger partial charge in [-0.05, 0) is 48.4 Å². The van der Waals surface area contributed by atoms with Crippen LogP contribution in [0.4, 0.5) is 0 Å². The maximum absolute atomic E-state index is 7.77. The minimum absolute atomic E-state index is 0.999. The zero-order valence-electron chi connectivity index (χ0n) is 27.4. The molecular weight excluding hydrogens is 641 g/mol. The second kappa shape index (κ2) is 22.0. The van der Waals surface area contributed by atoms with E-state index in [9.17, 15) is 0 Å². The molecule has 240 valence electrons. The minimum Gasteiger partial charge on any atom is -0.425 e. The summed E-state index contributed by atoms with van der Waals surface area (Å²) < 4.78 is 54.8. The topological polar surface area (TPSA) is 73.8 Å². The second-order valence-electron chi connectivity index (χ2n) is 11.3. The van der Waals surface area contributed by atoms with Gasteiger partial charge in [-0.25, -0.2) is 0 Å². The van der Waals surface area contributed by atoms with Gasteiger partial charge in [-0.3, -0.25) is 0 Å². The van der Waals surface area contributed by atoms with Crippen molar-refractivity contribution in [3.8, 4) is 0 Å². The molecule has 8 nitrogen and oxygen atoms in total. The Hall–Kier alpha value is 1.42. The summed E-state index contributed by atoms with van der Waals surface area (Å²) in [5, 5.41) is 0. The molecule has 1 fully saturated rings. The van der Waals surface area contributed by atoms with Gasteiger partial charge in [0.1, 0.15) is 0 Å². The highest BCUT2D eigenvalue weighted by Gasteiger charge is 2.55. The second-order valence-corrected chi connectivity index (χ2v) is 33.2. The van der Waals surface area contributed by atoms with E-state index in [1.54, 1.807) is 0 Å². The van der Waals surface area contributed by atoms with Crippen molar-refractivity contribution in [2.75, 3.05) is 0 Å². The molecular formula is C24H64O8Si8. The van der Waals surface area contributed by atoms with Crippen molar-refractivity contribution in [2.24, 2.45) is 0 Å². The zero-order chi connectivity index (χ0) is 29.8. The summed E-state index contributed by atoms with van der Waals surface area (Å²) in [6.07, 6.45) is 8.46. The van der Waals surface area contributed by atoms with Gasteiger partial charge in [0.2, 0.25) is 0 Å². The van der Waals surface area contributed by atoms with E-state index in [-0.39, 0.29) is 0 Å². The van der Waals surface area contributed by atoms with Crippen molar-refractivity contribution >= 4 is 74.3 Å². The summed E-state index contributed by atoms with van der Waals surface area (Å²) >= 11 is 0. The first kappa shape index (κ1) is 39.4. The van der Waals surface area contributed by atoms with Crippen LogP contribution in [0.15, 0.2) is 0 Å². The highest BCUT2D eigenvalue weighted by atomic mass is 28.5. The number of rotatable bonds is 16. The van der Waals surface area contributed by atoms with Crippen molar-refractivity contribution in [2.45, 2.75) is 155 Å². The average molecular weight is 705 g/mol. The summed E-state index contributed by atoms with van der Waals surface area (Å²) in [5.74, 6) is 0. The first-order chi connectivity index (χ1) is 19.3. The highest BCUT2D eigenvalue weighted by molar-refractivity contribution is 6.91. The molecule has 0 aliphatic carbocycles. The Bertz CT molecular complexity index is 566. The molecule has 1 aliphatic heterocycles. The summed E-state index contributed by atoms with van der Waals surface area (Å²) in [7, 11) is -14.9. The Morgan fingerprint density at radius 2 is 0.550 bits per heavy atom. The summed E-state index contributed by atoms with van der Waals surface area (Å²) in [4.78, 5) is 0. The van der Waals surface area contributed by atoms with Gasteiger partial charge in [0.25, 0.3) is 40.0 Å². The normalized spacial score (nSPS) is 24.6. The van der Waals surface area contributed by atoms with Gasteiger partial charge in [0.05, 0.1) is 0 Å². The summed E-state index contributed by atoms with van der Waals surface area (Å²) in [6, 6.07) is 7.99. The van der Waals surface area contributed by atoms with E-state index in [1.807, 2.05) is 0 Å². The largest absolute Gasteiger partial charge is 0.425 e. The molecule has 0 radical (unpaired) electrons. The van der Waals surface area contributed by atoms with Crippen LogP contribution in [0.25, 0.3) is 0 Å². The first-order valence-electron chi connectivity index (χ1n) is 16.4. The Kier molecular flexibility index (Phi) is 21.7. The van der Waals surface area contributed by atoms with E-state index >= 15 is 0 Å². The third-order valence-corrected chi connectivity index (χ3v) is 35.5. The van der Waals surface area contributed by atoms with Gasteiger partial charge in [-0.1, -0.05) is 107 Å². The Labute approximate surface area is 261 Å². The third-order valence-electron chi connectivity index (χ3n) is 7.31. The number of hydrogen-bond acceptors (Lipinski definition) is 8. The van der Waals surface area contributed by atoms with E-state index in [1.165, 1.54) is 0 Å². The molecule has 0 spiro atoms. The van der Waals surface area contributed by atoms with Gasteiger partial charge >= 0.3 is 34.2 Å². The average Bonchev–Trinajstić information content (AvgIpc) is 2.88. The Balaban J connectivity index is 3.78. The number of hydrogen-bond donors (Lipinski definition) is 0. The molecule has 1 aliphatic rings. The van der Waals surface area contributed by atoms with Crippen molar-refractivity contribution in [3.05, 3.63) is 0 Å². The molecule has 1 saturated heterocycles. The van der Waals surface area contributed by atoms with Crippen LogP contribution in [-0.4, -0.2) is 74.3 Å². The van der Waals surface area contributed by atoms with Crippen LogP contribution in [0.3, 0.4) is 0 Å². The fourth-order valence-electron chi connectivity index (χ4n) is 6.08. The maximum atomic E-state index is 7.77. The lowest BCUT2D eigenvalue weighted by atomic mass is 10.6. The van der Waals surface area contributed by atoms with Crippen LogP contribution in [0.2, 0.25) is 48.4 Å². The molecule has 0 atom stereocenters. The van der Waals surface area contributed by atoms with E-state index < -0.39 is 74.3 Å². The molecule has 16 heteroatoms. The lowest BCUT2D eigenvalue weighted by Gasteiger charge is -2.48. The van der Waals surface area contributed by atoms with Crippen LogP contribution in [0, 0.1) is 0 Å². The molecule has 0 bridgehead atoms. The fourth-order valence-corrected chi connectivity index (χ4v) is 38.9. The molecule has 0 aromatic heterocycles. The first-order valence-corrected chi connectivity index (χ1v) is 30.0. The van der Waals surface area contributed by atoms with E-state index in [0.29, 0.717) is 0 Å². The molecule has 40 heavy (non-hydrogen) atoms. The Morgan fingerprint density at radius 1 is 0.325 bits per heavy atom. The van der Waals surface area contributed by atoms with Crippen LogP contribution in [-0.2, 0) is 32.9 Å². The lowest BCUT2D eigenvalue weighted by molar-refractivity contribution is 0.243. The minimum atomic E-state index is -2.66. The van der Waals surface area contributed by atoms with Crippen molar-refractivity contribution in [3.63, 3.8) is 0 Å². The quantitative estimate of drug-likeness (QED) is 0.204. The van der Waals surface area contributed by atoms with Gasteiger partial charge in [0.15, 0.2) is 0 Å². The van der Waals surface area contributed by atoms with E-state index in [4.69, 9.17) is 32.9 Å². The molecule has 0 saturated carbocycles. The SMILES string of the molecule is CCC[Si]1(CCC)O[SiH2]O[SiH2]O[SiH2]O[SiH2]O[Si](CCC)(CCC)O[Si](CCC)(CCC)O[Si](CCC)(CCC)O1. The fraction of sp³-hybridized carbons (Fsp3) is 1.00. The van der Waals surface area contributed by atoms with Gasteiger partial charge in [0, 0.05) is 0 Å². The zero-order valence-corrected chi connectivity index (χ0v) is 37.1. The summed E-state index contributed by atoms with van der Waals surface area (Å²) in [6.45, 7) is 18.2. The molecule has 0 N–H and O–H groups in total. The standard InChI is InChI=1S/C24H64O8Si8/c1-9-17-37(18-10-2)28-35-26-33-25-34-27-36-29-38(19-11-3,20-12-4)31-40(23-15-7,24-16-8)32-39(30-37,21-13-5)22-14-6/h9-24,33-36H2,1-8H3. The predicted octanol–water partition coefficient (Wildman–Crippen LogP) is 5.18. The van der Waals surface area contributed by atoms with Crippen molar-refractivity contribution in [1.82, 2.24) is 0 Å².